The summed E-state index contributed by atoms with van der Waals surface area (Å²) in [5, 5.41) is 10.4. The molecule has 0 saturated carbocycles. The molecule has 1 aromatic carbocycles. The van der Waals surface area contributed by atoms with E-state index in [1.165, 1.54) is 12.4 Å². The molecule has 0 fully saturated rings. The summed E-state index contributed by atoms with van der Waals surface area (Å²) in [5.41, 5.74) is 1.01. The van der Waals surface area contributed by atoms with E-state index in [1.54, 1.807) is 18.3 Å². The summed E-state index contributed by atoms with van der Waals surface area (Å²) in [5.74, 6) is 0.907. The fraction of sp³-hybridized carbons (Fsp3) is 0.154. The number of anilines is 3. The van der Waals surface area contributed by atoms with Crippen LogP contribution in [-0.2, 0) is 0 Å². The minimum Gasteiger partial charge on any atom is -0.363 e. The Hall–Kier alpha value is -2.70. The number of nitrogens with one attached hydrogen (secondary N) is 2. The van der Waals surface area contributed by atoms with Crippen molar-refractivity contribution in [3.63, 3.8) is 0 Å². The van der Waals surface area contributed by atoms with E-state index < -0.39 is 0 Å². The second kappa shape index (κ2) is 4.76. The van der Waals surface area contributed by atoms with Crippen molar-refractivity contribution < 1.29 is 4.39 Å². The van der Waals surface area contributed by atoms with Crippen LogP contribution in [0, 0.1) is 5.82 Å². The minimum absolute atomic E-state index is 0.349. The number of rotatable bonds is 3. The second-order valence-electron chi connectivity index (χ2n) is 4.57. The quantitative estimate of drug-likeness (QED) is 0.765. The first-order chi connectivity index (χ1) is 9.63. The summed E-state index contributed by atoms with van der Waals surface area (Å²) in [4.78, 5) is 10.0. The highest BCUT2D eigenvalue weighted by Gasteiger charge is 2.08. The molecule has 0 spiro atoms. The zero-order valence-electron chi connectivity index (χ0n) is 11.1. The molecule has 102 valence electrons. The number of fused-ring (bicyclic) bond motifs is 1. The van der Waals surface area contributed by atoms with Gasteiger partial charge in [-0.3, -0.25) is 5.10 Å². The van der Waals surface area contributed by atoms with E-state index in [0.29, 0.717) is 17.0 Å². The van der Waals surface area contributed by atoms with E-state index in [-0.39, 0.29) is 5.82 Å². The molecular formula is C13H13FN6. The Morgan fingerprint density at radius 3 is 2.85 bits per heavy atom. The van der Waals surface area contributed by atoms with Gasteiger partial charge < -0.3 is 10.2 Å². The third-order valence-corrected chi connectivity index (χ3v) is 2.90. The predicted octanol–water partition coefficient (Wildman–Crippen LogP) is 2.30. The maximum Gasteiger partial charge on any atom is 0.148 e. The van der Waals surface area contributed by atoms with Crippen molar-refractivity contribution in [3.05, 3.63) is 36.5 Å². The fourth-order valence-electron chi connectivity index (χ4n) is 1.86. The molecule has 0 bridgehead atoms. The number of hydrogen-bond acceptors (Lipinski definition) is 5. The van der Waals surface area contributed by atoms with Gasteiger partial charge in [-0.15, -0.1) is 0 Å². The van der Waals surface area contributed by atoms with Crippen molar-refractivity contribution in [1.82, 2.24) is 20.2 Å². The van der Waals surface area contributed by atoms with E-state index >= 15 is 0 Å². The summed E-state index contributed by atoms with van der Waals surface area (Å²) < 4.78 is 14.0. The zero-order chi connectivity index (χ0) is 14.1. The van der Waals surface area contributed by atoms with Gasteiger partial charge in [0.2, 0.25) is 0 Å². The second-order valence-corrected chi connectivity index (χ2v) is 4.57. The molecule has 2 N–H and O–H groups in total. The molecular weight excluding hydrogens is 259 g/mol. The SMILES string of the molecule is CN(C)c1cc(Nc2cc3cn[nH]c3cc2F)ncn1. The van der Waals surface area contributed by atoms with Gasteiger partial charge in [-0.1, -0.05) is 0 Å². The number of halogens is 1. The van der Waals surface area contributed by atoms with Crippen LogP contribution in [0.4, 0.5) is 21.7 Å². The molecule has 20 heavy (non-hydrogen) atoms. The van der Waals surface area contributed by atoms with Gasteiger partial charge in [0.15, 0.2) is 0 Å². The summed E-state index contributed by atoms with van der Waals surface area (Å²) >= 11 is 0. The van der Waals surface area contributed by atoms with Gasteiger partial charge in [-0.2, -0.15) is 5.10 Å². The molecule has 0 aliphatic carbocycles. The standard InChI is InChI=1S/C13H13FN6/c1-20(2)13-5-12(15-7-16-13)18-11-3-8-6-17-19-10(8)4-9(11)14/h3-7H,1-2H3,(H,17,19)(H,15,16,18). The Kier molecular flexibility index (Phi) is 2.94. The van der Waals surface area contributed by atoms with Crippen LogP contribution in [0.3, 0.4) is 0 Å². The maximum absolute atomic E-state index is 14.0. The van der Waals surface area contributed by atoms with Gasteiger partial charge in [0.05, 0.1) is 17.4 Å². The van der Waals surface area contributed by atoms with Crippen LogP contribution < -0.4 is 10.2 Å². The van der Waals surface area contributed by atoms with E-state index in [0.717, 1.165) is 11.2 Å². The molecule has 3 aromatic rings. The molecule has 0 atom stereocenters. The van der Waals surface area contributed by atoms with Gasteiger partial charge >= 0.3 is 0 Å². The Labute approximate surface area is 114 Å². The maximum atomic E-state index is 14.0. The van der Waals surface area contributed by atoms with E-state index in [2.05, 4.69) is 25.5 Å². The monoisotopic (exact) mass is 272 g/mol. The first-order valence-electron chi connectivity index (χ1n) is 6.02. The minimum atomic E-state index is -0.369. The van der Waals surface area contributed by atoms with Gasteiger partial charge in [0.25, 0.3) is 0 Å². The van der Waals surface area contributed by atoms with Crippen LogP contribution in [0.1, 0.15) is 0 Å². The lowest BCUT2D eigenvalue weighted by molar-refractivity contribution is 0.633. The molecule has 0 amide bonds. The highest BCUT2D eigenvalue weighted by atomic mass is 19.1. The van der Waals surface area contributed by atoms with E-state index in [1.807, 2.05) is 19.0 Å². The normalized spacial score (nSPS) is 10.8. The van der Waals surface area contributed by atoms with Crippen molar-refractivity contribution in [1.29, 1.82) is 0 Å². The lowest BCUT2D eigenvalue weighted by Crippen LogP contribution is -2.11. The lowest BCUT2D eigenvalue weighted by Gasteiger charge is -2.12. The van der Waals surface area contributed by atoms with Crippen LogP contribution in [-0.4, -0.2) is 34.3 Å². The van der Waals surface area contributed by atoms with Gasteiger partial charge in [0.1, 0.15) is 23.8 Å². The van der Waals surface area contributed by atoms with E-state index in [4.69, 9.17) is 0 Å². The summed E-state index contributed by atoms with van der Waals surface area (Å²) in [6.07, 6.45) is 3.08. The number of aromatic nitrogens is 4. The first kappa shape index (κ1) is 12.3. The number of aromatic amines is 1. The topological polar surface area (TPSA) is 69.7 Å². The van der Waals surface area contributed by atoms with Crippen molar-refractivity contribution in [2.24, 2.45) is 0 Å². The summed E-state index contributed by atoms with van der Waals surface area (Å²) in [6.45, 7) is 0. The molecule has 0 radical (unpaired) electrons. The molecule has 0 unspecified atom stereocenters. The largest absolute Gasteiger partial charge is 0.363 e. The number of H-pyrrole nitrogens is 1. The Morgan fingerprint density at radius 2 is 2.05 bits per heavy atom. The molecule has 0 aliphatic heterocycles. The smallest absolute Gasteiger partial charge is 0.148 e. The summed E-state index contributed by atoms with van der Waals surface area (Å²) in [6, 6.07) is 4.84. The molecule has 7 heteroatoms. The predicted molar refractivity (Wildman–Crippen MR) is 75.7 cm³/mol. The Bertz CT molecular complexity index is 751. The molecule has 0 saturated heterocycles. The number of nitrogens with zero attached hydrogens (tertiary/aromatic N) is 4. The van der Waals surface area contributed by atoms with Crippen LogP contribution in [0.2, 0.25) is 0 Å². The van der Waals surface area contributed by atoms with Crippen molar-refractivity contribution in [2.75, 3.05) is 24.3 Å². The van der Waals surface area contributed by atoms with Crippen LogP contribution in [0.15, 0.2) is 30.7 Å². The van der Waals surface area contributed by atoms with Crippen molar-refractivity contribution >= 4 is 28.2 Å². The Morgan fingerprint density at radius 1 is 1.20 bits per heavy atom. The molecule has 2 heterocycles. The van der Waals surface area contributed by atoms with Crippen LogP contribution in [0.5, 0.6) is 0 Å². The Balaban J connectivity index is 1.96. The third kappa shape index (κ3) is 2.25. The third-order valence-electron chi connectivity index (χ3n) is 2.90. The van der Waals surface area contributed by atoms with Gasteiger partial charge in [-0.25, -0.2) is 14.4 Å². The van der Waals surface area contributed by atoms with Gasteiger partial charge in [-0.05, 0) is 6.07 Å². The van der Waals surface area contributed by atoms with Gasteiger partial charge in [0, 0.05) is 31.6 Å². The first-order valence-corrected chi connectivity index (χ1v) is 6.02. The molecule has 2 aromatic heterocycles. The van der Waals surface area contributed by atoms with Crippen LogP contribution >= 0.6 is 0 Å². The van der Waals surface area contributed by atoms with E-state index in [9.17, 15) is 4.39 Å². The number of benzene rings is 1. The summed E-state index contributed by atoms with van der Waals surface area (Å²) in [7, 11) is 3.76. The van der Waals surface area contributed by atoms with Crippen molar-refractivity contribution in [2.45, 2.75) is 0 Å². The zero-order valence-corrected chi connectivity index (χ0v) is 11.1. The highest BCUT2D eigenvalue weighted by Crippen LogP contribution is 2.24. The average Bonchev–Trinajstić information content (AvgIpc) is 2.86. The number of hydrogen-bond donors (Lipinski definition) is 2. The fourth-order valence-corrected chi connectivity index (χ4v) is 1.86. The van der Waals surface area contributed by atoms with Crippen LogP contribution in [0.25, 0.3) is 10.9 Å². The molecule has 6 nitrogen and oxygen atoms in total. The average molecular weight is 272 g/mol. The molecule has 3 rings (SSSR count). The lowest BCUT2D eigenvalue weighted by atomic mass is 10.2. The van der Waals surface area contributed by atoms with Crippen molar-refractivity contribution in [3.8, 4) is 0 Å². The molecule has 0 aliphatic rings. The highest BCUT2D eigenvalue weighted by molar-refractivity contribution is 5.83.